The number of benzene rings is 1. The zero-order valence-electron chi connectivity index (χ0n) is 12.4. The van der Waals surface area contributed by atoms with Gasteiger partial charge in [-0.3, -0.25) is 4.79 Å². The zero-order valence-corrected chi connectivity index (χ0v) is 13.2. The second-order valence-corrected chi connectivity index (χ2v) is 6.60. The maximum Gasteiger partial charge on any atom is 0.226 e. The fraction of sp³-hybridized carbons (Fsp3) is 0.588. The van der Waals surface area contributed by atoms with E-state index in [1.165, 1.54) is 5.56 Å². The molecular formula is C17H22ClNO2. The third-order valence-corrected chi connectivity index (χ3v) is 4.92. The molecule has 0 saturated carbocycles. The van der Waals surface area contributed by atoms with Crippen LogP contribution in [0.3, 0.4) is 0 Å². The predicted molar refractivity (Wildman–Crippen MR) is 83.3 cm³/mol. The molecule has 1 aromatic carbocycles. The molecule has 0 radical (unpaired) electrons. The Labute approximate surface area is 131 Å². The Morgan fingerprint density at radius 2 is 1.95 bits per heavy atom. The Balaban J connectivity index is 1.88. The molecule has 3 nitrogen and oxygen atoms in total. The van der Waals surface area contributed by atoms with Crippen molar-refractivity contribution >= 4 is 17.5 Å². The van der Waals surface area contributed by atoms with Crippen molar-refractivity contribution in [2.45, 2.75) is 44.7 Å². The van der Waals surface area contributed by atoms with Gasteiger partial charge in [-0.05, 0) is 43.4 Å². The van der Waals surface area contributed by atoms with Crippen LogP contribution in [0, 0.1) is 5.92 Å². The summed E-state index contributed by atoms with van der Waals surface area (Å²) in [5, 5.41) is 0.738. The van der Waals surface area contributed by atoms with E-state index in [0.717, 1.165) is 37.3 Å². The first-order chi connectivity index (χ1) is 10.2. The van der Waals surface area contributed by atoms with Gasteiger partial charge in [0.25, 0.3) is 0 Å². The van der Waals surface area contributed by atoms with Crippen LogP contribution in [0.2, 0.25) is 5.02 Å². The molecule has 3 rings (SSSR count). The Kier molecular flexibility index (Phi) is 4.51. The summed E-state index contributed by atoms with van der Waals surface area (Å²) >= 11 is 5.99. The van der Waals surface area contributed by atoms with Gasteiger partial charge in [-0.2, -0.15) is 0 Å². The van der Waals surface area contributed by atoms with Gasteiger partial charge in [-0.25, -0.2) is 0 Å². The Bertz CT molecular complexity index is 496. The van der Waals surface area contributed by atoms with Gasteiger partial charge < -0.3 is 9.64 Å². The molecule has 3 atom stereocenters. The number of ether oxygens (including phenoxy) is 1. The van der Waals surface area contributed by atoms with E-state index in [0.29, 0.717) is 6.61 Å². The van der Waals surface area contributed by atoms with Crippen LogP contribution in [0.4, 0.5) is 0 Å². The number of hydrogen-bond donors (Lipinski definition) is 0. The van der Waals surface area contributed by atoms with Gasteiger partial charge in [-0.15, -0.1) is 0 Å². The molecule has 3 unspecified atom stereocenters. The lowest BCUT2D eigenvalue weighted by Crippen LogP contribution is -2.51. The van der Waals surface area contributed by atoms with Gasteiger partial charge in [0.2, 0.25) is 5.91 Å². The summed E-state index contributed by atoms with van der Waals surface area (Å²) < 4.78 is 5.61. The molecule has 1 aromatic rings. The lowest BCUT2D eigenvalue weighted by atomic mass is 9.87. The molecular weight excluding hydrogens is 286 g/mol. The quantitative estimate of drug-likeness (QED) is 0.831. The summed E-state index contributed by atoms with van der Waals surface area (Å²) in [5.41, 5.74) is 1.19. The lowest BCUT2D eigenvalue weighted by molar-refractivity contribution is -0.148. The molecule has 0 aliphatic carbocycles. The zero-order chi connectivity index (χ0) is 14.8. The maximum absolute atomic E-state index is 12.7. The van der Waals surface area contributed by atoms with Gasteiger partial charge in [0.15, 0.2) is 0 Å². The highest BCUT2D eigenvalue weighted by atomic mass is 35.5. The average molecular weight is 308 g/mol. The Morgan fingerprint density at radius 3 is 2.62 bits per heavy atom. The number of halogens is 1. The number of carbonyl (C=O) groups is 1. The van der Waals surface area contributed by atoms with Crippen molar-refractivity contribution in [3.8, 4) is 0 Å². The van der Waals surface area contributed by atoms with E-state index in [2.05, 4.69) is 4.90 Å². The molecule has 2 aliphatic rings. The van der Waals surface area contributed by atoms with Crippen molar-refractivity contribution in [2.75, 3.05) is 13.2 Å². The van der Waals surface area contributed by atoms with Crippen molar-refractivity contribution in [2.24, 2.45) is 5.92 Å². The molecule has 1 amide bonds. The molecule has 114 valence electrons. The molecule has 0 N–H and O–H groups in total. The van der Waals surface area contributed by atoms with E-state index in [1.54, 1.807) is 0 Å². The standard InChI is InChI=1S/C17H22ClNO2/c1-12-4-9-16(13-5-7-14(18)8-6-13)19(17(12)20)15-3-2-10-21-11-15/h5-8,12,15-16H,2-4,9-11H2,1H3. The summed E-state index contributed by atoms with van der Waals surface area (Å²) in [4.78, 5) is 14.8. The van der Waals surface area contributed by atoms with Gasteiger partial charge in [0.1, 0.15) is 0 Å². The maximum atomic E-state index is 12.7. The summed E-state index contributed by atoms with van der Waals surface area (Å²) in [6.45, 7) is 3.53. The number of hydrogen-bond acceptors (Lipinski definition) is 2. The monoisotopic (exact) mass is 307 g/mol. The first kappa shape index (κ1) is 14.9. The second-order valence-electron chi connectivity index (χ2n) is 6.16. The summed E-state index contributed by atoms with van der Waals surface area (Å²) in [6.07, 6.45) is 4.06. The van der Waals surface area contributed by atoms with Crippen LogP contribution in [-0.2, 0) is 9.53 Å². The first-order valence-corrected chi connectivity index (χ1v) is 8.20. The molecule has 2 heterocycles. The van der Waals surface area contributed by atoms with Gasteiger partial charge >= 0.3 is 0 Å². The first-order valence-electron chi connectivity index (χ1n) is 7.82. The van der Waals surface area contributed by atoms with Crippen LogP contribution < -0.4 is 0 Å². The predicted octanol–water partition coefficient (Wildman–Crippen LogP) is 3.82. The molecule has 0 spiro atoms. The minimum atomic E-state index is 0.121. The summed E-state index contributed by atoms with van der Waals surface area (Å²) in [6, 6.07) is 8.30. The minimum absolute atomic E-state index is 0.121. The molecule has 0 bridgehead atoms. The molecule has 2 fully saturated rings. The van der Waals surface area contributed by atoms with Crippen molar-refractivity contribution in [1.29, 1.82) is 0 Å². The number of piperidine rings is 1. The number of amides is 1. The number of carbonyl (C=O) groups excluding carboxylic acids is 1. The second kappa shape index (κ2) is 6.37. The van der Waals surface area contributed by atoms with Crippen LogP contribution in [0.25, 0.3) is 0 Å². The van der Waals surface area contributed by atoms with Crippen molar-refractivity contribution in [1.82, 2.24) is 4.90 Å². The number of likely N-dealkylation sites (tertiary alicyclic amines) is 1. The van der Waals surface area contributed by atoms with Crippen molar-refractivity contribution in [3.05, 3.63) is 34.9 Å². The third kappa shape index (κ3) is 3.09. The summed E-state index contributed by atoms with van der Waals surface area (Å²) in [7, 11) is 0. The lowest BCUT2D eigenvalue weighted by Gasteiger charge is -2.44. The number of nitrogens with zero attached hydrogens (tertiary/aromatic N) is 1. The molecule has 4 heteroatoms. The average Bonchev–Trinajstić information content (AvgIpc) is 2.52. The van der Waals surface area contributed by atoms with Crippen LogP contribution in [0.15, 0.2) is 24.3 Å². The highest BCUT2D eigenvalue weighted by Gasteiger charge is 2.38. The normalized spacial score (nSPS) is 30.5. The van der Waals surface area contributed by atoms with Crippen molar-refractivity contribution in [3.63, 3.8) is 0 Å². The van der Waals surface area contributed by atoms with E-state index >= 15 is 0 Å². The highest BCUT2D eigenvalue weighted by Crippen LogP contribution is 2.37. The molecule has 2 aliphatic heterocycles. The van der Waals surface area contributed by atoms with Crippen LogP contribution in [0.1, 0.15) is 44.2 Å². The summed E-state index contributed by atoms with van der Waals surface area (Å²) in [5.74, 6) is 0.396. The fourth-order valence-corrected chi connectivity index (χ4v) is 3.59. The largest absolute Gasteiger partial charge is 0.379 e. The number of rotatable bonds is 2. The Hall–Kier alpha value is -1.06. The molecule has 2 saturated heterocycles. The van der Waals surface area contributed by atoms with Gasteiger partial charge in [0, 0.05) is 17.5 Å². The smallest absolute Gasteiger partial charge is 0.226 e. The van der Waals surface area contributed by atoms with Gasteiger partial charge in [-0.1, -0.05) is 30.7 Å². The molecule has 21 heavy (non-hydrogen) atoms. The SMILES string of the molecule is CC1CCC(c2ccc(Cl)cc2)N(C2CCCOC2)C1=O. The van der Waals surface area contributed by atoms with Crippen molar-refractivity contribution < 1.29 is 9.53 Å². The van der Waals surface area contributed by atoms with E-state index in [9.17, 15) is 4.79 Å². The topological polar surface area (TPSA) is 29.5 Å². The van der Waals surface area contributed by atoms with Gasteiger partial charge in [0.05, 0.1) is 18.7 Å². The third-order valence-electron chi connectivity index (χ3n) is 4.67. The van der Waals surface area contributed by atoms with E-state index in [1.807, 2.05) is 31.2 Å². The van der Waals surface area contributed by atoms with E-state index in [-0.39, 0.29) is 23.9 Å². The van der Waals surface area contributed by atoms with Crippen LogP contribution in [-0.4, -0.2) is 30.1 Å². The highest BCUT2D eigenvalue weighted by molar-refractivity contribution is 6.30. The Morgan fingerprint density at radius 1 is 1.19 bits per heavy atom. The minimum Gasteiger partial charge on any atom is -0.379 e. The molecule has 0 aromatic heterocycles. The van der Waals surface area contributed by atoms with E-state index < -0.39 is 0 Å². The van der Waals surface area contributed by atoms with E-state index in [4.69, 9.17) is 16.3 Å². The van der Waals surface area contributed by atoms with Crippen LogP contribution in [0.5, 0.6) is 0 Å². The van der Waals surface area contributed by atoms with Crippen LogP contribution >= 0.6 is 11.6 Å². The fourth-order valence-electron chi connectivity index (χ4n) is 3.47.